The van der Waals surface area contributed by atoms with Gasteiger partial charge in [-0.05, 0) is 37.7 Å². The normalized spacial score (nSPS) is 28.4. The van der Waals surface area contributed by atoms with Crippen molar-refractivity contribution in [2.45, 2.75) is 50.8 Å². The highest BCUT2D eigenvalue weighted by atomic mass is 16.3. The molecule has 2 bridgehead atoms. The molecular formula is C16H22N2O3. The molecule has 5 nitrogen and oxygen atoms in total. The smallest absolute Gasteiger partial charge is 0.250 e. The predicted octanol–water partition coefficient (Wildman–Crippen LogP) is 1.00. The fourth-order valence-electron chi connectivity index (χ4n) is 3.61. The number of rotatable bonds is 3. The van der Waals surface area contributed by atoms with E-state index < -0.39 is 0 Å². The molecule has 0 radical (unpaired) electrons. The number of hydrogen-bond acceptors (Lipinski definition) is 3. The summed E-state index contributed by atoms with van der Waals surface area (Å²) in [5.74, 6) is 0.717. The molecule has 0 spiro atoms. The molecule has 2 heterocycles. The van der Waals surface area contributed by atoms with Crippen molar-refractivity contribution < 1.29 is 9.90 Å². The van der Waals surface area contributed by atoms with Crippen LogP contribution in [0.25, 0.3) is 0 Å². The number of piperidine rings is 1. The van der Waals surface area contributed by atoms with Gasteiger partial charge in [0.2, 0.25) is 5.91 Å². The van der Waals surface area contributed by atoms with Gasteiger partial charge in [-0.15, -0.1) is 0 Å². The summed E-state index contributed by atoms with van der Waals surface area (Å²) < 4.78 is 1.56. The Morgan fingerprint density at radius 1 is 1.29 bits per heavy atom. The van der Waals surface area contributed by atoms with E-state index >= 15 is 0 Å². The summed E-state index contributed by atoms with van der Waals surface area (Å²) in [5, 5.41) is 10.1. The molecule has 1 amide bonds. The van der Waals surface area contributed by atoms with Crippen LogP contribution < -0.4 is 5.56 Å². The fraction of sp³-hybridized carbons (Fsp3) is 0.625. The monoisotopic (exact) mass is 290 g/mol. The van der Waals surface area contributed by atoms with Gasteiger partial charge in [0.25, 0.3) is 5.56 Å². The highest BCUT2D eigenvalue weighted by Crippen LogP contribution is 2.35. The molecule has 1 aromatic heterocycles. The average Bonchev–Trinajstić information content (AvgIpc) is 2.50. The number of amides is 1. The highest BCUT2D eigenvalue weighted by molar-refractivity contribution is 5.76. The van der Waals surface area contributed by atoms with Crippen LogP contribution in [0.5, 0.6) is 0 Å². The molecule has 2 aliphatic rings. The Morgan fingerprint density at radius 3 is 2.95 bits per heavy atom. The largest absolute Gasteiger partial charge is 0.391 e. The first-order valence-electron chi connectivity index (χ1n) is 7.78. The van der Waals surface area contributed by atoms with Crippen LogP contribution in [0, 0.1) is 5.92 Å². The second-order valence-electron chi connectivity index (χ2n) is 6.17. The van der Waals surface area contributed by atoms with E-state index in [2.05, 4.69) is 0 Å². The van der Waals surface area contributed by atoms with Gasteiger partial charge in [-0.25, -0.2) is 0 Å². The molecule has 1 aliphatic carbocycles. The molecule has 5 heteroatoms. The zero-order valence-electron chi connectivity index (χ0n) is 12.1. The number of likely N-dealkylation sites (tertiary alicyclic amines) is 1. The lowest BCUT2D eigenvalue weighted by Gasteiger charge is -2.45. The molecule has 1 N–H and O–H groups in total. The number of pyridine rings is 1. The van der Waals surface area contributed by atoms with E-state index in [1.54, 1.807) is 22.9 Å². The van der Waals surface area contributed by atoms with Crippen molar-refractivity contribution in [3.8, 4) is 0 Å². The van der Waals surface area contributed by atoms with Gasteiger partial charge in [0.05, 0.1) is 12.1 Å². The Bertz CT molecular complexity index is 569. The second-order valence-corrected chi connectivity index (χ2v) is 6.17. The summed E-state index contributed by atoms with van der Waals surface area (Å²) >= 11 is 0. The zero-order valence-corrected chi connectivity index (χ0v) is 12.1. The standard InChI is InChI=1S/C16H22N2O3/c19-14-5-4-12-6-10-18(13(14)11-12)16(21)7-9-17-8-2-1-3-15(17)20/h1-3,8,12-14,19H,4-7,9-11H2. The van der Waals surface area contributed by atoms with Crippen molar-refractivity contribution in [2.24, 2.45) is 5.92 Å². The van der Waals surface area contributed by atoms with Crippen LogP contribution in [-0.4, -0.2) is 39.2 Å². The number of aliphatic hydroxyl groups excluding tert-OH is 1. The van der Waals surface area contributed by atoms with Crippen molar-refractivity contribution in [3.05, 3.63) is 34.7 Å². The van der Waals surface area contributed by atoms with Crippen LogP contribution in [0.3, 0.4) is 0 Å². The Kier molecular flexibility index (Phi) is 4.10. The number of carbonyl (C=O) groups is 1. The number of aliphatic hydroxyl groups is 1. The summed E-state index contributed by atoms with van der Waals surface area (Å²) in [5.41, 5.74) is -0.0818. The summed E-state index contributed by atoms with van der Waals surface area (Å²) in [6, 6.07) is 4.98. The first kappa shape index (κ1) is 14.3. The van der Waals surface area contributed by atoms with Gasteiger partial charge in [0, 0.05) is 31.8 Å². The van der Waals surface area contributed by atoms with Gasteiger partial charge in [0.1, 0.15) is 0 Å². The topological polar surface area (TPSA) is 62.5 Å². The molecule has 3 rings (SSSR count). The molecule has 1 aliphatic heterocycles. The Hall–Kier alpha value is -1.62. The van der Waals surface area contributed by atoms with Crippen molar-refractivity contribution in [1.82, 2.24) is 9.47 Å². The minimum Gasteiger partial charge on any atom is -0.391 e. The van der Waals surface area contributed by atoms with E-state index in [4.69, 9.17) is 0 Å². The molecule has 2 fully saturated rings. The van der Waals surface area contributed by atoms with Crippen LogP contribution in [0.4, 0.5) is 0 Å². The zero-order chi connectivity index (χ0) is 14.8. The number of aromatic nitrogens is 1. The van der Waals surface area contributed by atoms with Gasteiger partial charge in [0.15, 0.2) is 0 Å². The molecule has 1 aromatic rings. The number of nitrogens with zero attached hydrogens (tertiary/aromatic N) is 2. The van der Waals surface area contributed by atoms with E-state index in [0.29, 0.717) is 18.9 Å². The number of carbonyl (C=O) groups excluding carboxylic acids is 1. The van der Waals surface area contributed by atoms with Gasteiger partial charge < -0.3 is 14.6 Å². The first-order valence-corrected chi connectivity index (χ1v) is 7.78. The SMILES string of the molecule is O=C(CCn1ccccc1=O)N1CCC2CCC(O)C1C2. The minimum absolute atomic E-state index is 0.0162. The number of hydrogen-bond donors (Lipinski definition) is 1. The maximum Gasteiger partial charge on any atom is 0.250 e. The molecule has 21 heavy (non-hydrogen) atoms. The van der Waals surface area contributed by atoms with Crippen molar-refractivity contribution >= 4 is 5.91 Å². The second kappa shape index (κ2) is 6.02. The molecule has 3 unspecified atom stereocenters. The number of fused-ring (bicyclic) bond motifs is 2. The summed E-state index contributed by atoms with van der Waals surface area (Å²) in [7, 11) is 0. The Balaban J connectivity index is 1.62. The van der Waals surface area contributed by atoms with E-state index in [0.717, 1.165) is 32.2 Å². The Labute approximate surface area is 124 Å². The molecule has 1 saturated heterocycles. The Morgan fingerprint density at radius 2 is 2.14 bits per heavy atom. The van der Waals surface area contributed by atoms with Gasteiger partial charge in [-0.3, -0.25) is 9.59 Å². The summed E-state index contributed by atoms with van der Waals surface area (Å²) in [6.07, 6.45) is 5.49. The maximum absolute atomic E-state index is 12.4. The molecule has 114 valence electrons. The lowest BCUT2D eigenvalue weighted by atomic mass is 9.78. The maximum atomic E-state index is 12.4. The minimum atomic E-state index is -0.384. The lowest BCUT2D eigenvalue weighted by molar-refractivity contribution is -0.141. The molecular weight excluding hydrogens is 268 g/mol. The predicted molar refractivity (Wildman–Crippen MR) is 78.8 cm³/mol. The van der Waals surface area contributed by atoms with Crippen molar-refractivity contribution in [2.75, 3.05) is 6.54 Å². The van der Waals surface area contributed by atoms with Gasteiger partial charge in [-0.1, -0.05) is 6.07 Å². The average molecular weight is 290 g/mol. The summed E-state index contributed by atoms with van der Waals surface area (Å²) in [4.78, 5) is 25.9. The van der Waals surface area contributed by atoms with Crippen LogP contribution >= 0.6 is 0 Å². The third kappa shape index (κ3) is 3.02. The molecule has 1 saturated carbocycles. The molecule has 3 atom stereocenters. The summed E-state index contributed by atoms with van der Waals surface area (Å²) in [6.45, 7) is 1.15. The van der Waals surface area contributed by atoms with Crippen LogP contribution in [0.15, 0.2) is 29.2 Å². The van der Waals surface area contributed by atoms with Crippen LogP contribution in [0.1, 0.15) is 32.1 Å². The van der Waals surface area contributed by atoms with Crippen molar-refractivity contribution in [3.63, 3.8) is 0 Å². The third-order valence-electron chi connectivity index (χ3n) is 4.85. The lowest BCUT2D eigenvalue weighted by Crippen LogP contribution is -2.54. The fourth-order valence-corrected chi connectivity index (χ4v) is 3.61. The van der Waals surface area contributed by atoms with E-state index in [-0.39, 0.29) is 23.6 Å². The third-order valence-corrected chi connectivity index (χ3v) is 4.85. The van der Waals surface area contributed by atoms with Crippen molar-refractivity contribution in [1.29, 1.82) is 0 Å². The van der Waals surface area contributed by atoms with Gasteiger partial charge in [-0.2, -0.15) is 0 Å². The first-order chi connectivity index (χ1) is 10.1. The van der Waals surface area contributed by atoms with Gasteiger partial charge >= 0.3 is 0 Å². The highest BCUT2D eigenvalue weighted by Gasteiger charge is 2.38. The van der Waals surface area contributed by atoms with Crippen LogP contribution in [0.2, 0.25) is 0 Å². The number of aryl methyl sites for hydroxylation is 1. The van der Waals surface area contributed by atoms with E-state index in [1.165, 1.54) is 6.07 Å². The van der Waals surface area contributed by atoms with E-state index in [1.807, 2.05) is 4.90 Å². The molecule has 0 aromatic carbocycles. The van der Waals surface area contributed by atoms with Crippen LogP contribution in [-0.2, 0) is 11.3 Å². The van der Waals surface area contributed by atoms with E-state index in [9.17, 15) is 14.7 Å². The quantitative estimate of drug-likeness (QED) is 0.903.